The first-order valence-electron chi connectivity index (χ1n) is 3.96. The van der Waals surface area contributed by atoms with Gasteiger partial charge < -0.3 is 4.90 Å². The van der Waals surface area contributed by atoms with Gasteiger partial charge in [0.2, 0.25) is 0 Å². The van der Waals surface area contributed by atoms with Crippen LogP contribution in [0.2, 0.25) is 0 Å². The molecule has 2 aliphatic heterocycles. The van der Waals surface area contributed by atoms with Crippen LogP contribution in [0.25, 0.3) is 0 Å². The van der Waals surface area contributed by atoms with Gasteiger partial charge >= 0.3 is 0 Å². The topological polar surface area (TPSA) is 20.3 Å². The average Bonchev–Trinajstić information content (AvgIpc) is 2.22. The minimum absolute atomic E-state index is 0.0399. The third-order valence-electron chi connectivity index (χ3n) is 2.88. The van der Waals surface area contributed by atoms with Gasteiger partial charge in [-0.3, -0.25) is 4.79 Å². The molecule has 2 saturated heterocycles. The molecule has 0 aromatic rings. The Balaban J connectivity index is 2.25. The summed E-state index contributed by atoms with van der Waals surface area (Å²) in [5, 5.41) is 0. The Bertz CT molecular complexity index is 178. The van der Waals surface area contributed by atoms with E-state index in [9.17, 15) is 4.79 Å². The number of Topliss-reactive ketones (excluding diaryl/α,β-unsaturated/α-hetero) is 1. The molecule has 2 heteroatoms. The Hall–Kier alpha value is -0.370. The Kier molecular flexibility index (Phi) is 1.15. The van der Waals surface area contributed by atoms with Gasteiger partial charge in [-0.2, -0.15) is 0 Å². The number of nitrogens with zero attached hydrogens (tertiary/aromatic N) is 1. The zero-order chi connectivity index (χ0) is 7.19. The van der Waals surface area contributed by atoms with Crippen LogP contribution in [-0.2, 0) is 4.79 Å². The second-order valence-corrected chi connectivity index (χ2v) is 3.76. The van der Waals surface area contributed by atoms with Crippen LogP contribution < -0.4 is 0 Å². The third-order valence-corrected chi connectivity index (χ3v) is 2.88. The lowest BCUT2D eigenvalue weighted by molar-refractivity contribution is -0.129. The Morgan fingerprint density at radius 3 is 3.00 bits per heavy atom. The Labute approximate surface area is 61.2 Å². The van der Waals surface area contributed by atoms with Crippen LogP contribution in [-0.4, -0.2) is 30.3 Å². The largest absolute Gasteiger partial charge is 0.302 e. The van der Waals surface area contributed by atoms with Gasteiger partial charge in [-0.15, -0.1) is 0 Å². The lowest BCUT2D eigenvalue weighted by Crippen LogP contribution is -2.39. The minimum atomic E-state index is 0.0399. The summed E-state index contributed by atoms with van der Waals surface area (Å²) >= 11 is 0. The molecule has 56 valence electrons. The number of hydrogen-bond acceptors (Lipinski definition) is 2. The Morgan fingerprint density at radius 2 is 2.30 bits per heavy atom. The summed E-state index contributed by atoms with van der Waals surface area (Å²) in [5.74, 6) is 0.487. The van der Waals surface area contributed by atoms with E-state index in [4.69, 9.17) is 0 Å². The van der Waals surface area contributed by atoms with Crippen molar-refractivity contribution in [3.05, 3.63) is 0 Å². The number of rotatable bonds is 0. The van der Waals surface area contributed by atoms with E-state index in [1.165, 1.54) is 0 Å². The maximum atomic E-state index is 11.3. The number of carbonyl (C=O) groups is 1. The standard InChI is InChI=1S/C8H13NO/c1-8-3-5-9(6-8)4-2-7(8)10/h2-6H2,1H3. The zero-order valence-corrected chi connectivity index (χ0v) is 6.39. The summed E-state index contributed by atoms with van der Waals surface area (Å²) < 4.78 is 0. The van der Waals surface area contributed by atoms with E-state index in [0.29, 0.717) is 5.78 Å². The number of hydrogen-bond donors (Lipinski definition) is 0. The maximum Gasteiger partial charge on any atom is 0.141 e. The number of ketones is 1. The van der Waals surface area contributed by atoms with Gasteiger partial charge in [0.1, 0.15) is 5.78 Å². The van der Waals surface area contributed by atoms with Gasteiger partial charge in [0.15, 0.2) is 0 Å². The van der Waals surface area contributed by atoms with Crippen LogP contribution >= 0.6 is 0 Å². The maximum absolute atomic E-state index is 11.3. The number of fused-ring (bicyclic) bond motifs is 2. The molecule has 2 bridgehead atoms. The number of carbonyl (C=O) groups excluding carboxylic acids is 1. The van der Waals surface area contributed by atoms with Crippen molar-refractivity contribution in [2.24, 2.45) is 5.41 Å². The lowest BCUT2D eigenvalue weighted by atomic mass is 9.82. The van der Waals surface area contributed by atoms with Crippen molar-refractivity contribution in [2.45, 2.75) is 19.8 Å². The molecule has 2 nitrogen and oxygen atoms in total. The quantitative estimate of drug-likeness (QED) is 0.491. The predicted molar refractivity (Wildman–Crippen MR) is 38.8 cm³/mol. The van der Waals surface area contributed by atoms with E-state index >= 15 is 0 Å². The molecule has 0 amide bonds. The molecule has 0 spiro atoms. The van der Waals surface area contributed by atoms with Crippen LogP contribution in [0.4, 0.5) is 0 Å². The fraction of sp³-hybridized carbons (Fsp3) is 0.875. The molecule has 2 heterocycles. The third kappa shape index (κ3) is 0.717. The number of piperidine rings is 1. The molecule has 2 aliphatic rings. The summed E-state index contributed by atoms with van der Waals surface area (Å²) in [6.45, 7) is 5.27. The van der Waals surface area contributed by atoms with Crippen LogP contribution in [0.15, 0.2) is 0 Å². The molecule has 0 aromatic heterocycles. The highest BCUT2D eigenvalue weighted by Crippen LogP contribution is 2.35. The molecule has 0 N–H and O–H groups in total. The molecule has 2 atom stereocenters. The molecule has 0 aliphatic carbocycles. The van der Waals surface area contributed by atoms with Crippen LogP contribution in [0.1, 0.15) is 19.8 Å². The van der Waals surface area contributed by atoms with Crippen molar-refractivity contribution in [3.8, 4) is 0 Å². The van der Waals surface area contributed by atoms with Crippen molar-refractivity contribution >= 4 is 5.78 Å². The van der Waals surface area contributed by atoms with Crippen molar-refractivity contribution in [2.75, 3.05) is 19.6 Å². The highest BCUT2D eigenvalue weighted by molar-refractivity contribution is 5.86. The minimum Gasteiger partial charge on any atom is -0.302 e. The highest BCUT2D eigenvalue weighted by Gasteiger charge is 2.42. The van der Waals surface area contributed by atoms with Crippen molar-refractivity contribution < 1.29 is 4.79 Å². The molecule has 2 fully saturated rings. The van der Waals surface area contributed by atoms with E-state index in [-0.39, 0.29) is 5.41 Å². The fourth-order valence-corrected chi connectivity index (χ4v) is 2.04. The zero-order valence-electron chi connectivity index (χ0n) is 6.39. The molecule has 2 rings (SSSR count). The van der Waals surface area contributed by atoms with Gasteiger partial charge in [-0.1, -0.05) is 6.92 Å². The van der Waals surface area contributed by atoms with E-state index in [0.717, 1.165) is 32.5 Å². The molecule has 0 saturated carbocycles. The monoisotopic (exact) mass is 139 g/mol. The second kappa shape index (κ2) is 1.82. The molecular formula is C8H13NO. The summed E-state index contributed by atoms with van der Waals surface area (Å²) in [7, 11) is 0. The Morgan fingerprint density at radius 1 is 1.50 bits per heavy atom. The van der Waals surface area contributed by atoms with E-state index in [2.05, 4.69) is 11.8 Å². The molecule has 0 radical (unpaired) electrons. The first-order chi connectivity index (χ1) is 4.71. The lowest BCUT2D eigenvalue weighted by Gasteiger charge is -2.28. The van der Waals surface area contributed by atoms with Gasteiger partial charge in [-0.05, 0) is 13.0 Å². The van der Waals surface area contributed by atoms with Gasteiger partial charge in [0.05, 0.1) is 0 Å². The summed E-state index contributed by atoms with van der Waals surface area (Å²) in [6.07, 6.45) is 1.88. The van der Waals surface area contributed by atoms with Crippen molar-refractivity contribution in [1.82, 2.24) is 4.90 Å². The van der Waals surface area contributed by atoms with Gasteiger partial charge in [-0.25, -0.2) is 0 Å². The molecular weight excluding hydrogens is 126 g/mol. The average molecular weight is 139 g/mol. The van der Waals surface area contributed by atoms with Gasteiger partial charge in [0, 0.05) is 24.9 Å². The van der Waals surface area contributed by atoms with E-state index < -0.39 is 0 Å². The summed E-state index contributed by atoms with van der Waals surface area (Å²) in [5.41, 5.74) is 0.0399. The second-order valence-electron chi connectivity index (χ2n) is 3.76. The summed E-state index contributed by atoms with van der Waals surface area (Å²) in [4.78, 5) is 13.7. The van der Waals surface area contributed by atoms with Crippen LogP contribution in [0.5, 0.6) is 0 Å². The van der Waals surface area contributed by atoms with Crippen LogP contribution in [0.3, 0.4) is 0 Å². The molecule has 0 aromatic carbocycles. The molecule has 10 heavy (non-hydrogen) atoms. The van der Waals surface area contributed by atoms with Crippen molar-refractivity contribution in [1.29, 1.82) is 0 Å². The highest BCUT2D eigenvalue weighted by atomic mass is 16.1. The van der Waals surface area contributed by atoms with E-state index in [1.54, 1.807) is 0 Å². The normalized spacial score (nSPS) is 46.1. The molecule has 2 unspecified atom stereocenters. The van der Waals surface area contributed by atoms with Crippen LogP contribution in [0, 0.1) is 5.41 Å². The van der Waals surface area contributed by atoms with E-state index in [1.807, 2.05) is 0 Å². The van der Waals surface area contributed by atoms with Crippen molar-refractivity contribution in [3.63, 3.8) is 0 Å². The fourth-order valence-electron chi connectivity index (χ4n) is 2.04. The predicted octanol–water partition coefficient (Wildman–Crippen LogP) is 0.671. The SMILES string of the molecule is CC12CCN(CCC1=O)C2. The summed E-state index contributed by atoms with van der Waals surface area (Å²) in [6, 6.07) is 0. The first kappa shape index (κ1) is 6.35. The smallest absolute Gasteiger partial charge is 0.141 e. The van der Waals surface area contributed by atoms with Gasteiger partial charge in [0.25, 0.3) is 0 Å². The first-order valence-corrected chi connectivity index (χ1v) is 3.96.